The minimum atomic E-state index is -0.704. The van der Waals surface area contributed by atoms with Gasteiger partial charge in [-0.05, 0) is 36.8 Å². The lowest BCUT2D eigenvalue weighted by molar-refractivity contribution is -0.384. The molecule has 1 aliphatic heterocycles. The maximum atomic E-state index is 12.3. The van der Waals surface area contributed by atoms with Crippen molar-refractivity contribution in [2.24, 2.45) is 5.92 Å². The molecule has 2 aromatic rings. The molecule has 0 radical (unpaired) electrons. The summed E-state index contributed by atoms with van der Waals surface area (Å²) in [6.07, 6.45) is -0.0463. The van der Waals surface area contributed by atoms with E-state index in [1.165, 1.54) is 29.2 Å². The Balaban J connectivity index is 1.53. The van der Waals surface area contributed by atoms with E-state index in [9.17, 15) is 24.5 Å². The van der Waals surface area contributed by atoms with Gasteiger partial charge in [0.2, 0.25) is 5.91 Å². The van der Waals surface area contributed by atoms with Gasteiger partial charge in [-0.3, -0.25) is 24.5 Å². The summed E-state index contributed by atoms with van der Waals surface area (Å²) in [5.41, 5.74) is 1.96. The molecule has 150 valence electrons. The molecule has 1 atom stereocenters. The van der Waals surface area contributed by atoms with Crippen LogP contribution in [0.5, 0.6) is 0 Å². The van der Waals surface area contributed by atoms with Crippen LogP contribution in [-0.4, -0.2) is 35.9 Å². The van der Waals surface area contributed by atoms with Gasteiger partial charge in [0.25, 0.3) is 11.6 Å². The van der Waals surface area contributed by atoms with Gasteiger partial charge in [-0.2, -0.15) is 0 Å². The molecular formula is C20H19N3O6. The minimum absolute atomic E-state index is 0.0463. The first kappa shape index (κ1) is 20.0. The molecule has 2 amide bonds. The fourth-order valence-electron chi connectivity index (χ4n) is 3.04. The summed E-state index contributed by atoms with van der Waals surface area (Å²) >= 11 is 0. The zero-order chi connectivity index (χ0) is 21.0. The third-order valence-electron chi connectivity index (χ3n) is 4.48. The molecule has 1 fully saturated rings. The molecule has 0 spiro atoms. The van der Waals surface area contributed by atoms with Gasteiger partial charge in [-0.15, -0.1) is 0 Å². The molecular weight excluding hydrogens is 378 g/mol. The van der Waals surface area contributed by atoms with Crippen molar-refractivity contribution in [2.75, 3.05) is 23.4 Å². The topological polar surface area (TPSA) is 119 Å². The van der Waals surface area contributed by atoms with Crippen LogP contribution in [0, 0.1) is 23.0 Å². The van der Waals surface area contributed by atoms with Gasteiger partial charge >= 0.3 is 5.97 Å². The Morgan fingerprint density at radius 2 is 1.97 bits per heavy atom. The van der Waals surface area contributed by atoms with Crippen LogP contribution in [0.3, 0.4) is 0 Å². The average molecular weight is 397 g/mol. The molecule has 1 heterocycles. The highest BCUT2D eigenvalue weighted by atomic mass is 16.6. The number of hydrogen-bond donors (Lipinski definition) is 1. The predicted octanol–water partition coefficient (Wildman–Crippen LogP) is 2.44. The van der Waals surface area contributed by atoms with Crippen molar-refractivity contribution >= 4 is 34.8 Å². The van der Waals surface area contributed by atoms with E-state index in [4.69, 9.17) is 4.74 Å². The second-order valence-electron chi connectivity index (χ2n) is 6.70. The number of non-ortho nitro benzene ring substituents is 1. The van der Waals surface area contributed by atoms with Crippen molar-refractivity contribution in [1.82, 2.24) is 0 Å². The Labute approximate surface area is 166 Å². The van der Waals surface area contributed by atoms with Crippen LogP contribution >= 0.6 is 0 Å². The van der Waals surface area contributed by atoms with Gasteiger partial charge in [0.05, 0.1) is 10.8 Å². The summed E-state index contributed by atoms with van der Waals surface area (Å²) in [5, 5.41) is 13.4. The number of rotatable bonds is 6. The molecule has 0 saturated carbocycles. The number of hydrogen-bond acceptors (Lipinski definition) is 6. The maximum Gasteiger partial charge on any atom is 0.311 e. The Bertz CT molecular complexity index is 957. The average Bonchev–Trinajstić information content (AvgIpc) is 3.08. The number of nitrogens with one attached hydrogen (secondary N) is 1. The van der Waals surface area contributed by atoms with Crippen molar-refractivity contribution in [1.29, 1.82) is 0 Å². The summed E-state index contributed by atoms with van der Waals surface area (Å²) in [7, 11) is 0. The van der Waals surface area contributed by atoms with Crippen LogP contribution in [-0.2, 0) is 19.1 Å². The number of nitrogens with zero attached hydrogens (tertiary/aromatic N) is 2. The Morgan fingerprint density at radius 1 is 1.24 bits per heavy atom. The van der Waals surface area contributed by atoms with Gasteiger partial charge in [0, 0.05) is 36.5 Å². The van der Waals surface area contributed by atoms with E-state index in [-0.39, 0.29) is 24.6 Å². The number of esters is 1. The molecule has 3 rings (SSSR count). The highest BCUT2D eigenvalue weighted by Crippen LogP contribution is 2.27. The molecule has 0 aliphatic carbocycles. The third-order valence-corrected chi connectivity index (χ3v) is 4.48. The van der Waals surface area contributed by atoms with E-state index in [1.807, 2.05) is 13.0 Å². The highest BCUT2D eigenvalue weighted by Gasteiger charge is 2.36. The van der Waals surface area contributed by atoms with E-state index in [0.29, 0.717) is 11.4 Å². The molecule has 9 nitrogen and oxygen atoms in total. The number of benzene rings is 2. The monoisotopic (exact) mass is 397 g/mol. The van der Waals surface area contributed by atoms with Crippen LogP contribution < -0.4 is 10.2 Å². The largest absolute Gasteiger partial charge is 0.455 e. The SMILES string of the molecule is Cc1cccc(NC(=O)COC(=O)[C@@H]2CC(=O)N(c3ccc([N+](=O)[O-])cc3)C2)c1. The standard InChI is InChI=1S/C20H19N3O6/c1-13-3-2-4-15(9-13)21-18(24)12-29-20(26)14-10-19(25)22(11-14)16-5-7-17(8-6-16)23(27)28/h2-9,14H,10-12H2,1H3,(H,21,24)/t14-/m1/s1. The summed E-state index contributed by atoms with van der Waals surface area (Å²) < 4.78 is 5.05. The number of nitro benzene ring substituents is 1. The second kappa shape index (κ2) is 8.51. The highest BCUT2D eigenvalue weighted by molar-refractivity contribution is 6.00. The number of anilines is 2. The maximum absolute atomic E-state index is 12.3. The number of amides is 2. The minimum Gasteiger partial charge on any atom is -0.455 e. The predicted molar refractivity (Wildman–Crippen MR) is 104 cm³/mol. The number of carbonyl (C=O) groups excluding carboxylic acids is 3. The lowest BCUT2D eigenvalue weighted by Gasteiger charge is -2.16. The molecule has 0 bridgehead atoms. The van der Waals surface area contributed by atoms with Crippen molar-refractivity contribution in [3.8, 4) is 0 Å². The summed E-state index contributed by atoms with van der Waals surface area (Å²) in [4.78, 5) is 48.0. The van der Waals surface area contributed by atoms with E-state index in [2.05, 4.69) is 5.32 Å². The molecule has 0 unspecified atom stereocenters. The molecule has 29 heavy (non-hydrogen) atoms. The van der Waals surface area contributed by atoms with E-state index in [0.717, 1.165) is 5.56 Å². The lowest BCUT2D eigenvalue weighted by atomic mass is 10.1. The van der Waals surface area contributed by atoms with Crippen LogP contribution in [0.4, 0.5) is 17.1 Å². The summed E-state index contributed by atoms with van der Waals surface area (Å²) in [6.45, 7) is 1.54. The Hall–Kier alpha value is -3.75. The van der Waals surface area contributed by atoms with E-state index in [1.54, 1.807) is 18.2 Å². The van der Waals surface area contributed by atoms with Crippen LogP contribution in [0.15, 0.2) is 48.5 Å². The molecule has 1 N–H and O–H groups in total. The molecule has 0 aromatic heterocycles. The smallest absolute Gasteiger partial charge is 0.311 e. The van der Waals surface area contributed by atoms with Crippen LogP contribution in [0.1, 0.15) is 12.0 Å². The lowest BCUT2D eigenvalue weighted by Crippen LogP contribution is -2.28. The first-order valence-corrected chi connectivity index (χ1v) is 8.91. The van der Waals surface area contributed by atoms with Crippen molar-refractivity contribution in [3.05, 3.63) is 64.2 Å². The van der Waals surface area contributed by atoms with Crippen molar-refractivity contribution in [2.45, 2.75) is 13.3 Å². The van der Waals surface area contributed by atoms with E-state index >= 15 is 0 Å². The van der Waals surface area contributed by atoms with Gasteiger partial charge < -0.3 is 15.0 Å². The number of nitro groups is 1. The second-order valence-corrected chi connectivity index (χ2v) is 6.70. The van der Waals surface area contributed by atoms with Gasteiger partial charge in [-0.25, -0.2) is 0 Å². The van der Waals surface area contributed by atoms with Crippen LogP contribution in [0.25, 0.3) is 0 Å². The number of ether oxygens (including phenoxy) is 1. The fourth-order valence-corrected chi connectivity index (χ4v) is 3.04. The zero-order valence-corrected chi connectivity index (χ0v) is 15.7. The van der Waals surface area contributed by atoms with Gasteiger partial charge in [-0.1, -0.05) is 12.1 Å². The number of aryl methyl sites for hydroxylation is 1. The Morgan fingerprint density at radius 3 is 2.62 bits per heavy atom. The molecule has 1 aliphatic rings. The normalized spacial score (nSPS) is 15.8. The first-order chi connectivity index (χ1) is 13.8. The summed E-state index contributed by atoms with van der Waals surface area (Å²) in [6, 6.07) is 12.7. The van der Waals surface area contributed by atoms with Gasteiger partial charge in [0.15, 0.2) is 6.61 Å². The fraction of sp³-hybridized carbons (Fsp3) is 0.250. The quantitative estimate of drug-likeness (QED) is 0.454. The number of carbonyl (C=O) groups is 3. The van der Waals surface area contributed by atoms with Crippen molar-refractivity contribution < 1.29 is 24.0 Å². The van der Waals surface area contributed by atoms with Crippen LogP contribution in [0.2, 0.25) is 0 Å². The van der Waals surface area contributed by atoms with Crippen molar-refractivity contribution in [3.63, 3.8) is 0 Å². The molecule has 1 saturated heterocycles. The Kier molecular flexibility index (Phi) is 5.87. The van der Waals surface area contributed by atoms with Gasteiger partial charge in [0.1, 0.15) is 0 Å². The zero-order valence-electron chi connectivity index (χ0n) is 15.7. The third kappa shape index (κ3) is 4.95. The summed E-state index contributed by atoms with van der Waals surface area (Å²) in [5.74, 6) is -2.10. The molecule has 9 heteroatoms. The molecule has 2 aromatic carbocycles. The first-order valence-electron chi connectivity index (χ1n) is 8.91. The van der Waals surface area contributed by atoms with E-state index < -0.39 is 29.3 Å².